The third-order valence-electron chi connectivity index (χ3n) is 14.1. The molecule has 0 aromatic rings. The number of Topliss-reactive ketones (excluding diaryl/α,β-unsaturated/α-hetero) is 2. The van der Waals surface area contributed by atoms with E-state index in [0.29, 0.717) is 56.9 Å². The second-order valence-electron chi connectivity index (χ2n) is 19.2. The quantitative estimate of drug-likeness (QED) is 0.0689. The summed E-state index contributed by atoms with van der Waals surface area (Å²) in [5.74, 6) is -8.35. The molecule has 4 aliphatic rings. The van der Waals surface area contributed by atoms with Crippen molar-refractivity contribution in [1.29, 1.82) is 0 Å². The second kappa shape index (κ2) is 25.8. The molecule has 0 aromatic carbocycles. The summed E-state index contributed by atoms with van der Waals surface area (Å²) in [6, 6.07) is -1.20. The molecule has 2 bridgehead atoms. The average Bonchev–Trinajstić information content (AvgIpc) is 3.30. The topological polar surface area (TPSA) is 232 Å². The molecule has 1 saturated carbocycles. The lowest BCUT2D eigenvalue weighted by Crippen LogP contribution is -2.64. The van der Waals surface area contributed by atoms with Crippen LogP contribution in [0.2, 0.25) is 0 Å². The number of ketones is 2. The van der Waals surface area contributed by atoms with E-state index in [2.05, 4.69) is 5.32 Å². The summed E-state index contributed by atoms with van der Waals surface area (Å²) in [5, 5.41) is 26.5. The van der Waals surface area contributed by atoms with Crippen LogP contribution in [0.1, 0.15) is 119 Å². The van der Waals surface area contributed by atoms with E-state index in [-0.39, 0.29) is 62.5 Å². The first kappa shape index (κ1) is 56.7. The van der Waals surface area contributed by atoms with E-state index in [1.807, 2.05) is 32.9 Å². The number of ether oxygens (including phenoxy) is 5. The number of piperidine rings is 1. The van der Waals surface area contributed by atoms with Gasteiger partial charge in [-0.3, -0.25) is 32.7 Å². The summed E-state index contributed by atoms with van der Waals surface area (Å²) in [6.07, 6.45) is 2.31. The number of cyclic esters (lactones) is 1. The van der Waals surface area contributed by atoms with Crippen LogP contribution in [0.15, 0.2) is 23.3 Å². The SMILES string of the molecule is CC[C@@H]1/C=C(\C)C[C@H](C)C[C@H](OC)[C@H]2O[C@@](O)(C(=O)C(=O)N3CCCC[C@H]3C(=O)O[C@H](/C(C)=C/[C@@H]3CC[C@@H](OP(=O)(OC)OCCNC(C)=O)[C@H](OC)C3)[C@H](C)C(O)CC1=O)[C@H](C)C[C@@H]2OC. The summed E-state index contributed by atoms with van der Waals surface area (Å²) in [5.41, 5.74) is 1.55. The molecule has 3 heterocycles. The van der Waals surface area contributed by atoms with E-state index in [0.717, 1.165) is 10.5 Å². The van der Waals surface area contributed by atoms with Crippen molar-refractivity contribution in [2.45, 2.75) is 174 Å². The lowest BCUT2D eigenvalue weighted by Gasteiger charge is -2.47. The Morgan fingerprint density at radius 3 is 2.24 bits per heavy atom. The van der Waals surface area contributed by atoms with Crippen molar-refractivity contribution in [3.05, 3.63) is 23.3 Å². The highest BCUT2D eigenvalue weighted by Crippen LogP contribution is 2.52. The predicted molar refractivity (Wildman–Crippen MR) is 246 cm³/mol. The number of methoxy groups -OCH3 is 3. The number of aliphatic hydroxyl groups is 2. The number of fused-ring (bicyclic) bond motifs is 3. The molecule has 3 fully saturated rings. The van der Waals surface area contributed by atoms with Crippen LogP contribution in [0.4, 0.5) is 0 Å². The Morgan fingerprint density at radius 1 is 0.940 bits per heavy atom. The molecule has 67 heavy (non-hydrogen) atoms. The van der Waals surface area contributed by atoms with Crippen LogP contribution >= 0.6 is 7.82 Å². The Bertz CT molecular complexity index is 1810. The fourth-order valence-corrected chi connectivity index (χ4v) is 11.3. The molecule has 15 atom stereocenters. The molecule has 382 valence electrons. The number of nitrogens with one attached hydrogen (secondary N) is 1. The largest absolute Gasteiger partial charge is 0.474 e. The van der Waals surface area contributed by atoms with Crippen LogP contribution in [-0.4, -0.2) is 147 Å². The summed E-state index contributed by atoms with van der Waals surface area (Å²) in [4.78, 5) is 69.6. The number of rotatable bonds is 13. The van der Waals surface area contributed by atoms with E-state index >= 15 is 0 Å². The summed E-state index contributed by atoms with van der Waals surface area (Å²) >= 11 is 0. The van der Waals surface area contributed by atoms with Crippen molar-refractivity contribution in [1.82, 2.24) is 10.2 Å². The number of carbonyl (C=O) groups is 5. The van der Waals surface area contributed by atoms with E-state index < -0.39 is 97.8 Å². The Morgan fingerprint density at radius 2 is 1.61 bits per heavy atom. The van der Waals surface area contributed by atoms with Crippen LogP contribution in [0.5, 0.6) is 0 Å². The summed E-state index contributed by atoms with van der Waals surface area (Å²) in [6.45, 7) is 12.4. The maximum absolute atomic E-state index is 14.5. The predicted octanol–water partition coefficient (Wildman–Crippen LogP) is 5.40. The monoisotopic (exact) mass is 971 g/mol. The summed E-state index contributed by atoms with van der Waals surface area (Å²) < 4.78 is 60.0. The van der Waals surface area contributed by atoms with Gasteiger partial charge in [0.25, 0.3) is 11.7 Å². The molecule has 3 aliphatic heterocycles. The number of esters is 1. The van der Waals surface area contributed by atoms with Gasteiger partial charge in [0, 0.05) is 72.6 Å². The Hall–Kier alpha value is -2.90. The number of phosphoric acid groups is 1. The van der Waals surface area contributed by atoms with Crippen molar-refractivity contribution < 1.29 is 76.0 Å². The zero-order chi connectivity index (χ0) is 49.8. The zero-order valence-electron chi connectivity index (χ0n) is 41.6. The maximum atomic E-state index is 14.5. The number of amides is 2. The third-order valence-corrected chi connectivity index (χ3v) is 15.6. The molecule has 19 heteroatoms. The minimum atomic E-state index is -4.02. The molecular weight excluding hydrogens is 892 g/mol. The molecular formula is C48H79N2O16P. The first-order valence-electron chi connectivity index (χ1n) is 24.0. The van der Waals surface area contributed by atoms with Crippen molar-refractivity contribution in [3.63, 3.8) is 0 Å². The van der Waals surface area contributed by atoms with Crippen molar-refractivity contribution in [2.24, 2.45) is 29.6 Å². The fraction of sp³-hybridized carbons (Fsp3) is 0.812. The van der Waals surface area contributed by atoms with Gasteiger partial charge >= 0.3 is 13.8 Å². The molecule has 0 radical (unpaired) electrons. The smallest absolute Gasteiger partial charge is 0.456 e. The molecule has 2 amide bonds. The molecule has 18 nitrogen and oxygen atoms in total. The van der Waals surface area contributed by atoms with Crippen molar-refractivity contribution in [2.75, 3.05) is 48.1 Å². The number of nitrogens with zero attached hydrogens (tertiary/aromatic N) is 1. The van der Waals surface area contributed by atoms with E-state index in [9.17, 15) is 38.8 Å². The lowest BCUT2D eigenvalue weighted by atomic mass is 9.81. The molecule has 2 unspecified atom stereocenters. The number of hydrogen-bond acceptors (Lipinski definition) is 16. The minimum Gasteiger partial charge on any atom is -0.456 e. The molecule has 0 spiro atoms. The van der Waals surface area contributed by atoms with Crippen molar-refractivity contribution in [3.8, 4) is 0 Å². The highest BCUT2D eigenvalue weighted by molar-refractivity contribution is 7.48. The Labute approximate surface area is 397 Å². The third kappa shape index (κ3) is 14.8. The molecule has 4 rings (SSSR count). The minimum absolute atomic E-state index is 0.00200. The van der Waals surface area contributed by atoms with Gasteiger partial charge in [-0.2, -0.15) is 0 Å². The van der Waals surface area contributed by atoms with Gasteiger partial charge in [0.2, 0.25) is 11.7 Å². The van der Waals surface area contributed by atoms with E-state index in [1.165, 1.54) is 35.4 Å². The molecule has 2 saturated heterocycles. The number of allylic oxidation sites excluding steroid dienone is 3. The standard InChI is InChI=1S/C48H79N2O16P/c1-12-35-22-28(2)21-29(3)23-41(60-9)44-42(61-10)25-31(5)48(57,65-44)45(54)46(55)50-19-14-13-15-36(50)47(56)64-43(32(6)37(52)27-38(35)53)30(4)24-34-16-17-39(40(26-34)59-8)66-67(58,62-11)63-20-18-49-33(7)51/h22,24,29,31-32,34-37,39-44,52,57H,12-21,23,25-27H2,1-11H3,(H,49,51)/b28-22+,30-24+/t29-,31+,32+,34-,35+,36-,37?,39+,40+,41-,42-,43+,44+,48+,67?/m0/s1. The van der Waals surface area contributed by atoms with Gasteiger partial charge in [-0.05, 0) is 95.5 Å². The number of carbonyl (C=O) groups excluding carboxylic acids is 5. The Balaban J connectivity index is 1.69. The van der Waals surface area contributed by atoms with Gasteiger partial charge in [-0.15, -0.1) is 0 Å². The summed E-state index contributed by atoms with van der Waals surface area (Å²) in [7, 11) is 1.74. The van der Waals surface area contributed by atoms with Gasteiger partial charge < -0.3 is 44.1 Å². The van der Waals surface area contributed by atoms with E-state index in [4.69, 9.17) is 37.3 Å². The maximum Gasteiger partial charge on any atom is 0.474 e. The van der Waals surface area contributed by atoms with Crippen LogP contribution in [-0.2, 0) is 65.8 Å². The van der Waals surface area contributed by atoms with Gasteiger partial charge in [0.15, 0.2) is 0 Å². The van der Waals surface area contributed by atoms with Crippen LogP contribution in [0, 0.1) is 29.6 Å². The lowest BCUT2D eigenvalue weighted by molar-refractivity contribution is -0.302. The number of hydrogen-bond donors (Lipinski definition) is 3. The molecule has 0 aromatic heterocycles. The number of aliphatic hydroxyl groups excluding tert-OH is 1. The highest BCUT2D eigenvalue weighted by Gasteiger charge is 2.56. The van der Waals surface area contributed by atoms with Gasteiger partial charge in [0.05, 0.1) is 37.1 Å². The van der Waals surface area contributed by atoms with Crippen LogP contribution in [0.25, 0.3) is 0 Å². The normalized spacial score (nSPS) is 37.6. The molecule has 3 N–H and O–H groups in total. The average molecular weight is 971 g/mol. The first-order valence-corrected chi connectivity index (χ1v) is 25.4. The molecule has 1 aliphatic carbocycles. The fourth-order valence-electron chi connectivity index (χ4n) is 10.2. The van der Waals surface area contributed by atoms with Gasteiger partial charge in [0.1, 0.15) is 24.0 Å². The van der Waals surface area contributed by atoms with Gasteiger partial charge in [-0.25, -0.2) is 9.36 Å². The van der Waals surface area contributed by atoms with E-state index in [1.54, 1.807) is 20.8 Å². The second-order valence-corrected chi connectivity index (χ2v) is 20.9. The zero-order valence-corrected chi connectivity index (χ0v) is 42.5. The highest BCUT2D eigenvalue weighted by atomic mass is 31.2. The first-order chi connectivity index (χ1) is 31.6. The van der Waals surface area contributed by atoms with Crippen molar-refractivity contribution >= 4 is 37.2 Å². The Kier molecular flexibility index (Phi) is 21.8. The van der Waals surface area contributed by atoms with Crippen LogP contribution < -0.4 is 5.32 Å². The van der Waals surface area contributed by atoms with Crippen LogP contribution in [0.3, 0.4) is 0 Å². The number of phosphoric ester groups is 1. The van der Waals surface area contributed by atoms with Gasteiger partial charge in [-0.1, -0.05) is 45.4 Å².